The van der Waals surface area contributed by atoms with E-state index < -0.39 is 0 Å². The number of rotatable bonds is 7. The molecule has 19 heavy (non-hydrogen) atoms. The molecule has 2 aliphatic rings. The molecule has 110 valence electrons. The van der Waals surface area contributed by atoms with Crippen molar-refractivity contribution in [2.24, 2.45) is 0 Å². The Morgan fingerprint density at radius 1 is 1.26 bits per heavy atom. The molecule has 1 heterocycles. The van der Waals surface area contributed by atoms with E-state index in [9.17, 15) is 4.79 Å². The van der Waals surface area contributed by atoms with E-state index in [1.807, 2.05) is 0 Å². The number of carbonyl (C=O) groups excluding carboxylic acids is 1. The van der Waals surface area contributed by atoms with Gasteiger partial charge < -0.3 is 9.47 Å². The second-order valence-electron chi connectivity index (χ2n) is 5.76. The molecule has 1 unspecified atom stereocenters. The SMILES string of the molecule is COC(=O)CN(CCCC1CCCO1)C1CCCC1. The van der Waals surface area contributed by atoms with Gasteiger partial charge in [-0.25, -0.2) is 0 Å². The molecule has 0 bridgehead atoms. The van der Waals surface area contributed by atoms with Crippen LogP contribution in [0.2, 0.25) is 0 Å². The average molecular weight is 269 g/mol. The van der Waals surface area contributed by atoms with E-state index in [0.29, 0.717) is 18.7 Å². The van der Waals surface area contributed by atoms with E-state index in [4.69, 9.17) is 9.47 Å². The number of ether oxygens (including phenoxy) is 2. The van der Waals surface area contributed by atoms with Gasteiger partial charge in [0.1, 0.15) is 0 Å². The molecule has 0 aromatic carbocycles. The van der Waals surface area contributed by atoms with Crippen molar-refractivity contribution in [2.45, 2.75) is 63.5 Å². The van der Waals surface area contributed by atoms with Gasteiger partial charge in [-0.2, -0.15) is 0 Å². The van der Waals surface area contributed by atoms with Crippen LogP contribution in [0.4, 0.5) is 0 Å². The van der Waals surface area contributed by atoms with E-state index in [-0.39, 0.29) is 5.97 Å². The molecule has 2 fully saturated rings. The van der Waals surface area contributed by atoms with Gasteiger partial charge in [0.15, 0.2) is 0 Å². The third-order valence-corrected chi connectivity index (χ3v) is 4.40. The zero-order valence-corrected chi connectivity index (χ0v) is 12.1. The molecule has 4 nitrogen and oxygen atoms in total. The normalized spacial score (nSPS) is 24.2. The molecule has 0 spiro atoms. The van der Waals surface area contributed by atoms with E-state index in [2.05, 4.69) is 4.90 Å². The third kappa shape index (κ3) is 4.77. The van der Waals surface area contributed by atoms with Crippen LogP contribution in [-0.4, -0.2) is 49.8 Å². The lowest BCUT2D eigenvalue weighted by Crippen LogP contribution is -2.39. The van der Waals surface area contributed by atoms with Crippen molar-refractivity contribution in [3.63, 3.8) is 0 Å². The quantitative estimate of drug-likeness (QED) is 0.665. The second kappa shape index (κ2) is 7.85. The summed E-state index contributed by atoms with van der Waals surface area (Å²) in [6, 6.07) is 0.587. The topological polar surface area (TPSA) is 38.8 Å². The first kappa shape index (κ1) is 14.8. The van der Waals surface area contributed by atoms with Gasteiger partial charge in [-0.1, -0.05) is 12.8 Å². The lowest BCUT2D eigenvalue weighted by Gasteiger charge is -2.27. The number of nitrogens with zero attached hydrogens (tertiary/aromatic N) is 1. The minimum atomic E-state index is -0.107. The second-order valence-corrected chi connectivity index (χ2v) is 5.76. The number of hydrogen-bond donors (Lipinski definition) is 0. The van der Waals surface area contributed by atoms with Crippen molar-refractivity contribution in [3.8, 4) is 0 Å². The van der Waals surface area contributed by atoms with Gasteiger partial charge in [-0.15, -0.1) is 0 Å². The molecule has 0 N–H and O–H groups in total. The first-order valence-electron chi connectivity index (χ1n) is 7.72. The maximum Gasteiger partial charge on any atom is 0.319 e. The number of carbonyl (C=O) groups is 1. The molecule has 1 saturated carbocycles. The summed E-state index contributed by atoms with van der Waals surface area (Å²) in [6.07, 6.45) is 10.2. The Balaban J connectivity index is 1.73. The molecular weight excluding hydrogens is 242 g/mol. The first-order chi connectivity index (χ1) is 9.29. The summed E-state index contributed by atoms with van der Waals surface area (Å²) in [4.78, 5) is 13.8. The molecule has 0 aromatic rings. The molecule has 4 heteroatoms. The van der Waals surface area contributed by atoms with Crippen LogP contribution in [0.1, 0.15) is 51.4 Å². The molecular formula is C15H27NO3. The highest BCUT2D eigenvalue weighted by atomic mass is 16.5. The van der Waals surface area contributed by atoms with Crippen LogP contribution in [-0.2, 0) is 14.3 Å². The summed E-state index contributed by atoms with van der Waals surface area (Å²) in [5, 5.41) is 0. The summed E-state index contributed by atoms with van der Waals surface area (Å²) in [6.45, 7) is 2.38. The largest absolute Gasteiger partial charge is 0.468 e. The maximum absolute atomic E-state index is 11.5. The van der Waals surface area contributed by atoms with Gasteiger partial charge >= 0.3 is 5.97 Å². The van der Waals surface area contributed by atoms with Gasteiger partial charge in [0.05, 0.1) is 19.8 Å². The van der Waals surface area contributed by atoms with E-state index in [1.165, 1.54) is 45.6 Å². The summed E-state index contributed by atoms with van der Waals surface area (Å²) >= 11 is 0. The molecule has 0 radical (unpaired) electrons. The van der Waals surface area contributed by atoms with Crippen molar-refractivity contribution >= 4 is 5.97 Å². The first-order valence-corrected chi connectivity index (χ1v) is 7.72. The zero-order chi connectivity index (χ0) is 13.5. The van der Waals surface area contributed by atoms with Crippen molar-refractivity contribution in [1.82, 2.24) is 4.90 Å². The van der Waals surface area contributed by atoms with Crippen molar-refractivity contribution in [1.29, 1.82) is 0 Å². The molecule has 0 aromatic heterocycles. The predicted octanol–water partition coefficient (Wildman–Crippen LogP) is 2.36. The van der Waals surface area contributed by atoms with Crippen LogP contribution in [0.25, 0.3) is 0 Å². The Morgan fingerprint density at radius 2 is 2.05 bits per heavy atom. The van der Waals surface area contributed by atoms with Gasteiger partial charge in [0, 0.05) is 12.6 Å². The Labute approximate surface area is 116 Å². The molecule has 0 amide bonds. The highest BCUT2D eigenvalue weighted by Crippen LogP contribution is 2.24. The van der Waals surface area contributed by atoms with E-state index in [0.717, 1.165) is 26.0 Å². The fourth-order valence-corrected chi connectivity index (χ4v) is 3.28. The Bertz CT molecular complexity index is 271. The molecule has 1 aliphatic heterocycles. The minimum Gasteiger partial charge on any atom is -0.468 e. The summed E-state index contributed by atoms with van der Waals surface area (Å²) in [7, 11) is 1.47. The molecule has 1 saturated heterocycles. The Hall–Kier alpha value is -0.610. The van der Waals surface area contributed by atoms with Crippen molar-refractivity contribution in [2.75, 3.05) is 26.8 Å². The Kier molecular flexibility index (Phi) is 6.11. The standard InChI is InChI=1S/C15H27NO3/c1-18-15(17)12-16(13-6-2-3-7-13)10-4-8-14-9-5-11-19-14/h13-14H,2-12H2,1H3. The average Bonchev–Trinajstić information content (AvgIpc) is 3.10. The van der Waals surface area contributed by atoms with Crippen LogP contribution < -0.4 is 0 Å². The monoisotopic (exact) mass is 269 g/mol. The van der Waals surface area contributed by atoms with Crippen LogP contribution in [0, 0.1) is 0 Å². The maximum atomic E-state index is 11.5. The van der Waals surface area contributed by atoms with Crippen LogP contribution in [0.3, 0.4) is 0 Å². The fourth-order valence-electron chi connectivity index (χ4n) is 3.28. The van der Waals surface area contributed by atoms with E-state index in [1.54, 1.807) is 0 Å². The summed E-state index contributed by atoms with van der Waals surface area (Å²) in [5.41, 5.74) is 0. The number of methoxy groups -OCH3 is 1. The van der Waals surface area contributed by atoms with Gasteiger partial charge in [0.25, 0.3) is 0 Å². The molecule has 2 rings (SSSR count). The number of hydrogen-bond acceptors (Lipinski definition) is 4. The highest BCUT2D eigenvalue weighted by Gasteiger charge is 2.25. The van der Waals surface area contributed by atoms with E-state index >= 15 is 0 Å². The third-order valence-electron chi connectivity index (χ3n) is 4.40. The van der Waals surface area contributed by atoms with Crippen LogP contribution in [0.5, 0.6) is 0 Å². The summed E-state index contributed by atoms with van der Waals surface area (Å²) < 4.78 is 10.5. The summed E-state index contributed by atoms with van der Waals surface area (Å²) in [5.74, 6) is -0.107. The number of esters is 1. The predicted molar refractivity (Wildman–Crippen MR) is 74.1 cm³/mol. The fraction of sp³-hybridized carbons (Fsp3) is 0.933. The minimum absolute atomic E-state index is 0.107. The lowest BCUT2D eigenvalue weighted by molar-refractivity contribution is -0.142. The van der Waals surface area contributed by atoms with Crippen LogP contribution >= 0.6 is 0 Å². The molecule has 1 atom stereocenters. The highest BCUT2D eigenvalue weighted by molar-refractivity contribution is 5.71. The lowest BCUT2D eigenvalue weighted by atomic mass is 10.1. The van der Waals surface area contributed by atoms with Gasteiger partial charge in [0.2, 0.25) is 0 Å². The smallest absolute Gasteiger partial charge is 0.319 e. The zero-order valence-electron chi connectivity index (χ0n) is 12.1. The van der Waals surface area contributed by atoms with Crippen LogP contribution in [0.15, 0.2) is 0 Å². The Morgan fingerprint density at radius 3 is 2.68 bits per heavy atom. The van der Waals surface area contributed by atoms with Crippen molar-refractivity contribution in [3.05, 3.63) is 0 Å². The molecule has 1 aliphatic carbocycles. The van der Waals surface area contributed by atoms with Gasteiger partial charge in [-0.05, 0) is 45.1 Å². The van der Waals surface area contributed by atoms with Gasteiger partial charge in [-0.3, -0.25) is 9.69 Å². The van der Waals surface area contributed by atoms with Crippen molar-refractivity contribution < 1.29 is 14.3 Å².